The predicted molar refractivity (Wildman–Crippen MR) is 83.3 cm³/mol. The van der Waals surface area contributed by atoms with Crippen LogP contribution in [0, 0.1) is 0 Å². The second-order valence-electron chi connectivity index (χ2n) is 4.19. The molecule has 2 heterocycles. The van der Waals surface area contributed by atoms with Gasteiger partial charge in [0, 0.05) is 17.1 Å². The monoisotopic (exact) mass is 325 g/mol. The number of anilines is 1. The fraction of sp³-hybridized carbons (Fsp3) is 0. The molecule has 0 atom stereocenters. The summed E-state index contributed by atoms with van der Waals surface area (Å²) in [6, 6.07) is 8.71. The number of nitrogens with zero attached hydrogens (tertiary/aromatic N) is 2. The van der Waals surface area contributed by atoms with Crippen molar-refractivity contribution in [2.75, 3.05) is 4.72 Å². The molecule has 0 amide bonds. The molecule has 1 aromatic carbocycles. The molecule has 7 nitrogen and oxygen atoms in total. The molecule has 4 N–H and O–H groups in total. The molecule has 3 rings (SSSR count). The Bertz CT molecular complexity index is 878. The molecule has 0 aliphatic rings. The van der Waals surface area contributed by atoms with Crippen molar-refractivity contribution in [1.82, 2.24) is 15.0 Å². The van der Waals surface area contributed by atoms with Gasteiger partial charge in [0.25, 0.3) is 10.2 Å². The van der Waals surface area contributed by atoms with Gasteiger partial charge in [0.1, 0.15) is 12.0 Å². The Labute approximate surface area is 127 Å². The van der Waals surface area contributed by atoms with Gasteiger partial charge < -0.3 is 4.98 Å². The van der Waals surface area contributed by atoms with E-state index in [4.69, 9.17) is 5.14 Å². The van der Waals surface area contributed by atoms with E-state index in [1.807, 2.05) is 12.1 Å². The lowest BCUT2D eigenvalue weighted by atomic mass is 10.1. The maximum atomic E-state index is 11.1. The van der Waals surface area contributed by atoms with E-state index in [1.165, 1.54) is 6.33 Å². The molecule has 0 bridgehead atoms. The van der Waals surface area contributed by atoms with Gasteiger partial charge in [-0.15, -0.1) is 12.4 Å². The first kappa shape index (κ1) is 15.2. The first-order chi connectivity index (χ1) is 9.53. The number of nitrogens with two attached hydrogens (primary N) is 1. The summed E-state index contributed by atoms with van der Waals surface area (Å²) in [5, 5.41) is 5.82. The number of rotatable bonds is 3. The number of hydrogen-bond acceptors (Lipinski definition) is 4. The molecule has 0 aliphatic carbocycles. The minimum absolute atomic E-state index is 0. The lowest BCUT2D eigenvalue weighted by Gasteiger charge is -2.06. The predicted octanol–water partition coefficient (Wildman–Crippen LogP) is 1.66. The summed E-state index contributed by atoms with van der Waals surface area (Å²) in [5.74, 6) is 0. The summed E-state index contributed by atoms with van der Waals surface area (Å²) >= 11 is 0. The van der Waals surface area contributed by atoms with Gasteiger partial charge in [0.15, 0.2) is 0 Å². The van der Waals surface area contributed by atoms with E-state index < -0.39 is 10.2 Å². The highest BCUT2D eigenvalue weighted by Gasteiger charge is 2.09. The molecule has 0 saturated carbocycles. The zero-order chi connectivity index (χ0) is 14.2. The summed E-state index contributed by atoms with van der Waals surface area (Å²) in [6.45, 7) is 0. The first-order valence-electron chi connectivity index (χ1n) is 5.72. The van der Waals surface area contributed by atoms with Crippen LogP contribution < -0.4 is 9.86 Å². The maximum Gasteiger partial charge on any atom is 0.296 e. The van der Waals surface area contributed by atoms with Crippen molar-refractivity contribution in [3.05, 3.63) is 42.9 Å². The normalized spacial score (nSPS) is 11.1. The van der Waals surface area contributed by atoms with Crippen molar-refractivity contribution in [1.29, 1.82) is 0 Å². The largest absolute Gasteiger partial charge is 0.346 e. The van der Waals surface area contributed by atoms with Crippen LogP contribution >= 0.6 is 12.4 Å². The van der Waals surface area contributed by atoms with Gasteiger partial charge in [0.05, 0.1) is 11.4 Å². The zero-order valence-electron chi connectivity index (χ0n) is 10.6. The van der Waals surface area contributed by atoms with Gasteiger partial charge in [-0.1, -0.05) is 12.1 Å². The van der Waals surface area contributed by atoms with E-state index in [2.05, 4.69) is 19.7 Å². The molecule has 110 valence electrons. The summed E-state index contributed by atoms with van der Waals surface area (Å²) in [4.78, 5) is 11.4. The van der Waals surface area contributed by atoms with Crippen LogP contribution in [0.1, 0.15) is 0 Å². The Balaban J connectivity index is 0.00000161. The van der Waals surface area contributed by atoms with Crippen LogP contribution in [-0.4, -0.2) is 23.4 Å². The van der Waals surface area contributed by atoms with Crippen LogP contribution in [0.2, 0.25) is 0 Å². The van der Waals surface area contributed by atoms with Gasteiger partial charge in [-0.2, -0.15) is 8.42 Å². The van der Waals surface area contributed by atoms with Gasteiger partial charge in [0.2, 0.25) is 0 Å². The molecular formula is C12H12ClN5O2S. The summed E-state index contributed by atoms with van der Waals surface area (Å²) in [5.41, 5.74) is 2.59. The molecule has 0 unspecified atom stereocenters. The smallest absolute Gasteiger partial charge is 0.296 e. The number of aromatic amines is 1. The summed E-state index contributed by atoms with van der Waals surface area (Å²) in [6.07, 6.45) is 3.23. The van der Waals surface area contributed by atoms with Crippen molar-refractivity contribution >= 4 is 39.3 Å². The molecule has 0 radical (unpaired) electrons. The number of nitrogens with one attached hydrogen (secondary N) is 2. The number of aromatic nitrogens is 3. The Kier molecular flexibility index (Phi) is 4.12. The van der Waals surface area contributed by atoms with Crippen molar-refractivity contribution in [2.24, 2.45) is 5.14 Å². The Morgan fingerprint density at radius 3 is 2.76 bits per heavy atom. The van der Waals surface area contributed by atoms with E-state index in [9.17, 15) is 8.42 Å². The van der Waals surface area contributed by atoms with E-state index in [0.717, 1.165) is 16.6 Å². The minimum Gasteiger partial charge on any atom is -0.346 e. The van der Waals surface area contributed by atoms with Gasteiger partial charge in [-0.3, -0.25) is 4.72 Å². The fourth-order valence-electron chi connectivity index (χ4n) is 2.00. The number of halogens is 1. The van der Waals surface area contributed by atoms with Crippen LogP contribution in [-0.2, 0) is 10.2 Å². The highest BCUT2D eigenvalue weighted by Crippen LogP contribution is 2.26. The Morgan fingerprint density at radius 2 is 2.00 bits per heavy atom. The van der Waals surface area contributed by atoms with Crippen LogP contribution in [0.15, 0.2) is 42.9 Å². The molecular weight excluding hydrogens is 314 g/mol. The SMILES string of the molecule is Cl.NS(=O)(=O)Nc1cccc(-c2ncnc3[nH]ccc23)c1. The van der Waals surface area contributed by atoms with Crippen molar-refractivity contribution in [2.45, 2.75) is 0 Å². The molecule has 2 aromatic heterocycles. The molecule has 21 heavy (non-hydrogen) atoms. The van der Waals surface area contributed by atoms with Crippen molar-refractivity contribution < 1.29 is 8.42 Å². The van der Waals surface area contributed by atoms with Crippen molar-refractivity contribution in [3.8, 4) is 11.3 Å². The third kappa shape index (κ3) is 3.30. The molecule has 0 fully saturated rings. The lowest BCUT2D eigenvalue weighted by Crippen LogP contribution is -2.21. The summed E-state index contributed by atoms with van der Waals surface area (Å²) in [7, 11) is -3.80. The first-order valence-corrected chi connectivity index (χ1v) is 7.27. The number of hydrogen-bond donors (Lipinski definition) is 3. The highest BCUT2D eigenvalue weighted by atomic mass is 35.5. The Morgan fingerprint density at radius 1 is 1.19 bits per heavy atom. The quantitative estimate of drug-likeness (QED) is 0.679. The third-order valence-corrected chi connectivity index (χ3v) is 3.27. The van der Waals surface area contributed by atoms with Crippen LogP contribution in [0.25, 0.3) is 22.3 Å². The highest BCUT2D eigenvalue weighted by molar-refractivity contribution is 7.90. The second kappa shape index (κ2) is 5.68. The Hall–Kier alpha value is -2.16. The molecule has 0 saturated heterocycles. The van der Waals surface area contributed by atoms with E-state index in [0.29, 0.717) is 11.4 Å². The molecule has 3 aromatic rings. The lowest BCUT2D eigenvalue weighted by molar-refractivity contribution is 0.603. The number of H-pyrrole nitrogens is 1. The zero-order valence-corrected chi connectivity index (χ0v) is 12.3. The molecule has 0 aliphatic heterocycles. The molecule has 9 heteroatoms. The standard InChI is InChI=1S/C12H11N5O2S.ClH/c13-20(18,19)17-9-3-1-2-8(6-9)11-10-4-5-14-12(10)16-7-15-11;/h1-7,17H,(H2,13,18,19)(H,14,15,16);1H. The third-order valence-electron chi connectivity index (χ3n) is 2.75. The van der Waals surface area contributed by atoms with E-state index in [1.54, 1.807) is 24.4 Å². The second-order valence-corrected chi connectivity index (χ2v) is 5.48. The van der Waals surface area contributed by atoms with E-state index in [-0.39, 0.29) is 12.4 Å². The number of fused-ring (bicyclic) bond motifs is 1. The van der Waals surface area contributed by atoms with Crippen molar-refractivity contribution in [3.63, 3.8) is 0 Å². The van der Waals surface area contributed by atoms with Crippen LogP contribution in [0.3, 0.4) is 0 Å². The maximum absolute atomic E-state index is 11.1. The van der Waals surface area contributed by atoms with Gasteiger partial charge in [-0.05, 0) is 18.2 Å². The molecule has 0 spiro atoms. The minimum atomic E-state index is -3.80. The summed E-state index contributed by atoms with van der Waals surface area (Å²) < 4.78 is 24.3. The van der Waals surface area contributed by atoms with Gasteiger partial charge >= 0.3 is 0 Å². The fourth-order valence-corrected chi connectivity index (χ4v) is 2.45. The van der Waals surface area contributed by atoms with E-state index >= 15 is 0 Å². The van der Waals surface area contributed by atoms with Crippen LogP contribution in [0.4, 0.5) is 5.69 Å². The van der Waals surface area contributed by atoms with Gasteiger partial charge in [-0.25, -0.2) is 15.1 Å². The topological polar surface area (TPSA) is 114 Å². The average Bonchev–Trinajstić information content (AvgIpc) is 2.85. The van der Waals surface area contributed by atoms with Crippen LogP contribution in [0.5, 0.6) is 0 Å². The average molecular weight is 326 g/mol. The number of benzene rings is 1.